The van der Waals surface area contributed by atoms with E-state index in [4.69, 9.17) is 11.5 Å². The fourth-order valence-corrected chi connectivity index (χ4v) is 6.96. The maximum Gasteiger partial charge on any atom is 0.326 e. The lowest BCUT2D eigenvalue weighted by atomic mass is 9.92. The Morgan fingerprint density at radius 2 is 1.97 bits per heavy atom. The van der Waals surface area contributed by atoms with E-state index in [9.17, 15) is 19.5 Å². The monoisotopic (exact) mass is 494 g/mol. The molecular weight excluding hydrogens is 460 g/mol. The van der Waals surface area contributed by atoms with Crippen LogP contribution in [0.25, 0.3) is 0 Å². The summed E-state index contributed by atoms with van der Waals surface area (Å²) in [6.07, 6.45) is 1.54. The number of fused-ring (bicyclic) bond motifs is 1. The summed E-state index contributed by atoms with van der Waals surface area (Å²) in [4.78, 5) is 39.8. The Morgan fingerprint density at radius 3 is 2.58 bits per heavy atom. The minimum atomic E-state index is -1.08. The predicted octanol–water partition coefficient (Wildman–Crippen LogP) is 1.41. The molecule has 1 aromatic carbocycles. The maximum atomic E-state index is 13.3. The Balaban J connectivity index is 1.73. The van der Waals surface area contributed by atoms with Crippen LogP contribution >= 0.6 is 23.5 Å². The minimum absolute atomic E-state index is 0.100. The fourth-order valence-electron chi connectivity index (χ4n) is 4.18. The molecule has 182 valence electrons. The van der Waals surface area contributed by atoms with Crippen molar-refractivity contribution in [3.05, 3.63) is 35.4 Å². The molecule has 33 heavy (non-hydrogen) atoms. The van der Waals surface area contributed by atoms with Crippen LogP contribution in [0.1, 0.15) is 37.8 Å². The zero-order chi connectivity index (χ0) is 24.1. The van der Waals surface area contributed by atoms with Gasteiger partial charge < -0.3 is 26.8 Å². The number of carbonyl (C=O) groups excluding carboxylic acids is 2. The molecule has 1 aromatic rings. The number of carboxylic acid groups (broad SMARTS) is 1. The van der Waals surface area contributed by atoms with E-state index in [0.29, 0.717) is 23.2 Å². The van der Waals surface area contributed by atoms with Crippen LogP contribution in [0.5, 0.6) is 0 Å². The van der Waals surface area contributed by atoms with Gasteiger partial charge in [0.1, 0.15) is 12.1 Å². The molecule has 0 bridgehead atoms. The van der Waals surface area contributed by atoms with Crippen LogP contribution in [-0.2, 0) is 27.3 Å². The Kier molecular flexibility index (Phi) is 9.09. The van der Waals surface area contributed by atoms with Crippen LogP contribution in [0.4, 0.5) is 0 Å². The smallest absolute Gasteiger partial charge is 0.326 e. The highest BCUT2D eigenvalue weighted by Gasteiger charge is 2.38. The van der Waals surface area contributed by atoms with E-state index in [1.165, 1.54) is 4.90 Å². The molecular formula is C23H34N4O4S2. The number of carbonyl (C=O) groups is 3. The lowest BCUT2D eigenvalue weighted by Crippen LogP contribution is -2.58. The van der Waals surface area contributed by atoms with Gasteiger partial charge in [0, 0.05) is 30.5 Å². The first-order valence-corrected chi connectivity index (χ1v) is 13.4. The average Bonchev–Trinajstić information content (AvgIpc) is 3.20. The second-order valence-corrected chi connectivity index (χ2v) is 12.0. The van der Waals surface area contributed by atoms with E-state index in [1.54, 1.807) is 23.5 Å². The molecule has 2 aliphatic heterocycles. The molecule has 0 aromatic heterocycles. The highest BCUT2D eigenvalue weighted by atomic mass is 32.2. The van der Waals surface area contributed by atoms with Crippen molar-refractivity contribution in [3.8, 4) is 0 Å². The second kappa shape index (κ2) is 11.6. The molecule has 1 saturated heterocycles. The second-order valence-electron chi connectivity index (χ2n) is 9.18. The summed E-state index contributed by atoms with van der Waals surface area (Å²) in [5.41, 5.74) is 14.2. The molecule has 0 saturated carbocycles. The fraction of sp³-hybridized carbons (Fsp3) is 0.609. The lowest BCUT2D eigenvalue weighted by molar-refractivity contribution is -0.146. The standard InChI is InChI=1S/C23H34N4O4S2/c1-13(2)7-18(23(30)31)26-21(28)19-8-14-5-3-4-6-15(14)10-27(19)22(29)17(25)12-33-20-9-16(24)11-32-20/h3-6,13,16-20H,7-12,24-25H2,1-2H3,(H,26,28)(H,30,31)/t16?,17-,18-,19-,20?/m0/s1. The number of amides is 2. The van der Waals surface area contributed by atoms with Crippen LogP contribution in [0.15, 0.2) is 24.3 Å². The largest absolute Gasteiger partial charge is 0.480 e. The number of benzene rings is 1. The summed E-state index contributed by atoms with van der Waals surface area (Å²) in [5, 5.41) is 12.2. The van der Waals surface area contributed by atoms with Crippen LogP contribution < -0.4 is 16.8 Å². The van der Waals surface area contributed by atoms with E-state index in [-0.39, 0.29) is 24.4 Å². The third kappa shape index (κ3) is 6.88. The summed E-state index contributed by atoms with van der Waals surface area (Å²) in [6, 6.07) is 5.32. The van der Waals surface area contributed by atoms with Gasteiger partial charge in [0.05, 0.1) is 10.6 Å². The van der Waals surface area contributed by atoms with E-state index in [2.05, 4.69) is 5.32 Å². The van der Waals surface area contributed by atoms with Gasteiger partial charge in [-0.1, -0.05) is 38.1 Å². The SMILES string of the molecule is CC(C)C[C@H](NC(=O)[C@@H]1Cc2ccccc2CN1C(=O)[C@@H](N)CSC1CC(N)CS1)C(=O)O. The normalized spacial score (nSPS) is 24.3. The van der Waals surface area contributed by atoms with Crippen LogP contribution in [0.2, 0.25) is 0 Å². The first kappa shape index (κ1) is 25.9. The molecule has 2 amide bonds. The van der Waals surface area contributed by atoms with Gasteiger partial charge in [0.2, 0.25) is 11.8 Å². The van der Waals surface area contributed by atoms with Gasteiger partial charge in [-0.3, -0.25) is 9.59 Å². The number of rotatable bonds is 9. The number of carboxylic acids is 1. The molecule has 1 fully saturated rings. The number of hydrogen-bond acceptors (Lipinski definition) is 7. The molecule has 0 aliphatic carbocycles. The van der Waals surface area contributed by atoms with E-state index in [1.807, 2.05) is 38.1 Å². The maximum absolute atomic E-state index is 13.3. The molecule has 8 nitrogen and oxygen atoms in total. The minimum Gasteiger partial charge on any atom is -0.480 e. The molecule has 0 radical (unpaired) electrons. The first-order valence-electron chi connectivity index (χ1n) is 11.3. The summed E-state index contributed by atoms with van der Waals surface area (Å²) in [7, 11) is 0. The Hall–Kier alpha value is -1.75. The molecule has 0 spiro atoms. The third-order valence-corrected chi connectivity index (χ3v) is 9.04. The van der Waals surface area contributed by atoms with Crippen LogP contribution in [0.3, 0.4) is 0 Å². The number of thioether (sulfide) groups is 2. The van der Waals surface area contributed by atoms with Crippen molar-refractivity contribution in [2.45, 2.75) is 68.4 Å². The third-order valence-electron chi connectivity index (χ3n) is 5.93. The Bertz CT molecular complexity index is 869. The number of hydrogen-bond donors (Lipinski definition) is 4. The van der Waals surface area contributed by atoms with Crippen LogP contribution in [0, 0.1) is 5.92 Å². The molecule has 10 heteroatoms. The zero-order valence-electron chi connectivity index (χ0n) is 19.1. The molecule has 3 rings (SSSR count). The van der Waals surface area contributed by atoms with Gasteiger partial charge in [-0.25, -0.2) is 4.79 Å². The van der Waals surface area contributed by atoms with E-state index in [0.717, 1.165) is 23.3 Å². The van der Waals surface area contributed by atoms with Crippen molar-refractivity contribution in [2.24, 2.45) is 17.4 Å². The first-order chi connectivity index (χ1) is 15.7. The van der Waals surface area contributed by atoms with E-state index < -0.39 is 30.0 Å². The highest BCUT2D eigenvalue weighted by molar-refractivity contribution is 8.17. The van der Waals surface area contributed by atoms with Gasteiger partial charge in [0.15, 0.2) is 0 Å². The van der Waals surface area contributed by atoms with Crippen molar-refractivity contribution in [1.29, 1.82) is 0 Å². The van der Waals surface area contributed by atoms with E-state index >= 15 is 0 Å². The predicted molar refractivity (Wildman–Crippen MR) is 133 cm³/mol. The topological polar surface area (TPSA) is 139 Å². The zero-order valence-corrected chi connectivity index (χ0v) is 20.7. The number of nitrogens with two attached hydrogens (primary N) is 2. The van der Waals surface area contributed by atoms with Gasteiger partial charge in [0.25, 0.3) is 0 Å². The van der Waals surface area contributed by atoms with Crippen LogP contribution in [-0.4, -0.2) is 68.0 Å². The van der Waals surface area contributed by atoms with Gasteiger partial charge in [-0.2, -0.15) is 0 Å². The summed E-state index contributed by atoms with van der Waals surface area (Å²) in [5.74, 6) is -0.369. The lowest BCUT2D eigenvalue weighted by Gasteiger charge is -2.38. The molecule has 2 heterocycles. The molecule has 6 N–H and O–H groups in total. The molecule has 5 atom stereocenters. The van der Waals surface area contributed by atoms with Crippen molar-refractivity contribution in [3.63, 3.8) is 0 Å². The highest BCUT2D eigenvalue weighted by Crippen LogP contribution is 2.35. The number of nitrogens with one attached hydrogen (secondary N) is 1. The van der Waals surface area contributed by atoms with Gasteiger partial charge in [-0.15, -0.1) is 23.5 Å². The molecule has 2 aliphatic rings. The Labute approximate surface area is 203 Å². The Morgan fingerprint density at radius 1 is 1.27 bits per heavy atom. The summed E-state index contributed by atoms with van der Waals surface area (Å²) in [6.45, 7) is 4.08. The van der Waals surface area contributed by atoms with Crippen molar-refractivity contribution >= 4 is 41.3 Å². The average molecular weight is 495 g/mol. The van der Waals surface area contributed by atoms with Gasteiger partial charge in [-0.05, 0) is 29.9 Å². The van der Waals surface area contributed by atoms with Gasteiger partial charge >= 0.3 is 5.97 Å². The summed E-state index contributed by atoms with van der Waals surface area (Å²) >= 11 is 3.42. The van der Waals surface area contributed by atoms with Crippen molar-refractivity contribution in [1.82, 2.24) is 10.2 Å². The van der Waals surface area contributed by atoms with Crippen molar-refractivity contribution < 1.29 is 19.5 Å². The molecule has 2 unspecified atom stereocenters. The van der Waals surface area contributed by atoms with Crippen molar-refractivity contribution in [2.75, 3.05) is 11.5 Å². The number of aliphatic carboxylic acids is 1. The quantitative estimate of drug-likeness (QED) is 0.404. The summed E-state index contributed by atoms with van der Waals surface area (Å²) < 4.78 is 0.326. The number of nitrogens with zero attached hydrogens (tertiary/aromatic N) is 1.